The highest BCUT2D eigenvalue weighted by molar-refractivity contribution is 14.0. The molecule has 2 aromatic carbocycles. The third-order valence-corrected chi connectivity index (χ3v) is 3.92. The zero-order valence-corrected chi connectivity index (χ0v) is 18.3. The van der Waals surface area contributed by atoms with Gasteiger partial charge in [0.05, 0.1) is 6.61 Å². The Balaban J connectivity index is 0.00000364. The number of benzene rings is 2. The van der Waals surface area contributed by atoms with Crippen molar-refractivity contribution in [1.82, 2.24) is 10.2 Å². The van der Waals surface area contributed by atoms with Gasteiger partial charge in [-0.05, 0) is 42.3 Å². The Kier molecular flexibility index (Phi) is 9.63. The number of hydrogen-bond donors (Lipinski definition) is 2. The molecule has 0 fully saturated rings. The van der Waals surface area contributed by atoms with Crippen LogP contribution in [0.15, 0.2) is 53.5 Å². The van der Waals surface area contributed by atoms with Crippen LogP contribution in [0, 0.1) is 0 Å². The van der Waals surface area contributed by atoms with Gasteiger partial charge in [0, 0.05) is 32.7 Å². The number of primary amides is 1. The van der Waals surface area contributed by atoms with Crippen molar-refractivity contribution in [3.63, 3.8) is 0 Å². The zero-order valence-electron chi connectivity index (χ0n) is 15.9. The number of aliphatic imine (C=N–C) groups is 1. The van der Waals surface area contributed by atoms with Gasteiger partial charge in [0.25, 0.3) is 0 Å². The van der Waals surface area contributed by atoms with E-state index in [2.05, 4.69) is 22.4 Å². The molecule has 2 rings (SSSR count). The summed E-state index contributed by atoms with van der Waals surface area (Å²) in [4.78, 5) is 17.5. The largest absolute Gasteiger partial charge is 0.494 e. The Morgan fingerprint density at radius 3 is 2.22 bits per heavy atom. The molecular weight excluding hydrogens is 455 g/mol. The lowest BCUT2D eigenvalue weighted by Crippen LogP contribution is -2.38. The van der Waals surface area contributed by atoms with Gasteiger partial charge in [-0.25, -0.2) is 0 Å². The van der Waals surface area contributed by atoms with E-state index in [0.29, 0.717) is 18.7 Å². The Morgan fingerprint density at radius 1 is 1.11 bits per heavy atom. The van der Waals surface area contributed by atoms with Crippen molar-refractivity contribution >= 4 is 35.8 Å². The summed E-state index contributed by atoms with van der Waals surface area (Å²) in [6, 6.07) is 15.3. The maximum absolute atomic E-state index is 11.1. The minimum atomic E-state index is -0.421. The normalized spacial score (nSPS) is 10.7. The lowest BCUT2D eigenvalue weighted by Gasteiger charge is -2.22. The summed E-state index contributed by atoms with van der Waals surface area (Å²) >= 11 is 0. The quantitative estimate of drug-likeness (QED) is 0.361. The molecule has 0 saturated heterocycles. The van der Waals surface area contributed by atoms with Gasteiger partial charge in [-0.2, -0.15) is 0 Å². The van der Waals surface area contributed by atoms with Gasteiger partial charge >= 0.3 is 0 Å². The molecular formula is C20H27IN4O2. The lowest BCUT2D eigenvalue weighted by atomic mass is 10.1. The summed E-state index contributed by atoms with van der Waals surface area (Å²) in [5.41, 5.74) is 7.98. The number of ether oxygens (including phenoxy) is 1. The fraction of sp³-hybridized carbons (Fsp3) is 0.300. The first-order valence-corrected chi connectivity index (χ1v) is 8.55. The first kappa shape index (κ1) is 22.8. The molecule has 0 saturated carbocycles. The van der Waals surface area contributed by atoms with Crippen LogP contribution in [0.1, 0.15) is 28.4 Å². The van der Waals surface area contributed by atoms with Crippen molar-refractivity contribution in [3.05, 3.63) is 65.2 Å². The van der Waals surface area contributed by atoms with Crippen molar-refractivity contribution in [1.29, 1.82) is 0 Å². The standard InChI is InChI=1S/C20H26N4O2.HI/c1-4-26-18-11-7-16(8-12-18)14-24(3)20(22-2)23-13-15-5-9-17(10-6-15)19(21)25;/h5-12H,4,13-14H2,1-3H3,(H2,21,25)(H,22,23);1H. The summed E-state index contributed by atoms with van der Waals surface area (Å²) in [6.07, 6.45) is 0. The van der Waals surface area contributed by atoms with E-state index in [1.54, 1.807) is 19.2 Å². The number of rotatable bonds is 7. The summed E-state index contributed by atoms with van der Waals surface area (Å²) in [5, 5.41) is 3.32. The maximum atomic E-state index is 11.1. The van der Waals surface area contributed by atoms with Crippen LogP contribution < -0.4 is 15.8 Å². The number of guanidine groups is 1. The minimum Gasteiger partial charge on any atom is -0.494 e. The van der Waals surface area contributed by atoms with Crippen LogP contribution >= 0.6 is 24.0 Å². The highest BCUT2D eigenvalue weighted by Crippen LogP contribution is 2.13. The van der Waals surface area contributed by atoms with E-state index >= 15 is 0 Å². The Morgan fingerprint density at radius 2 is 1.70 bits per heavy atom. The third-order valence-electron chi connectivity index (χ3n) is 3.92. The molecule has 146 valence electrons. The number of carbonyl (C=O) groups excluding carboxylic acids is 1. The van der Waals surface area contributed by atoms with Gasteiger partial charge < -0.3 is 20.7 Å². The molecule has 0 unspecified atom stereocenters. The van der Waals surface area contributed by atoms with Crippen LogP contribution in [0.4, 0.5) is 0 Å². The van der Waals surface area contributed by atoms with E-state index in [9.17, 15) is 4.79 Å². The van der Waals surface area contributed by atoms with Crippen molar-refractivity contribution in [3.8, 4) is 5.75 Å². The average Bonchev–Trinajstić information content (AvgIpc) is 2.64. The Bertz CT molecular complexity index is 746. The molecule has 0 atom stereocenters. The molecule has 27 heavy (non-hydrogen) atoms. The van der Waals surface area contributed by atoms with Crippen molar-refractivity contribution < 1.29 is 9.53 Å². The number of hydrogen-bond acceptors (Lipinski definition) is 3. The molecule has 0 heterocycles. The highest BCUT2D eigenvalue weighted by Gasteiger charge is 2.07. The van der Waals surface area contributed by atoms with Crippen LogP contribution in [-0.2, 0) is 13.1 Å². The molecule has 0 aliphatic heterocycles. The second-order valence-electron chi connectivity index (χ2n) is 5.89. The van der Waals surface area contributed by atoms with E-state index in [0.717, 1.165) is 23.8 Å². The summed E-state index contributed by atoms with van der Waals surface area (Å²) in [7, 11) is 3.75. The van der Waals surface area contributed by atoms with E-state index in [1.165, 1.54) is 5.56 Å². The van der Waals surface area contributed by atoms with Crippen LogP contribution in [0.25, 0.3) is 0 Å². The zero-order chi connectivity index (χ0) is 18.9. The molecule has 0 aromatic heterocycles. The fourth-order valence-electron chi connectivity index (χ4n) is 2.56. The summed E-state index contributed by atoms with van der Waals surface area (Å²) in [5.74, 6) is 1.24. The average molecular weight is 482 g/mol. The predicted molar refractivity (Wildman–Crippen MR) is 120 cm³/mol. The molecule has 0 spiro atoms. The van der Waals surface area contributed by atoms with Gasteiger partial charge in [0.1, 0.15) is 5.75 Å². The molecule has 6 nitrogen and oxygen atoms in total. The highest BCUT2D eigenvalue weighted by atomic mass is 127. The molecule has 1 amide bonds. The summed E-state index contributed by atoms with van der Waals surface area (Å²) < 4.78 is 5.47. The molecule has 2 aromatic rings. The monoisotopic (exact) mass is 482 g/mol. The Labute approximate surface area is 177 Å². The van der Waals surface area contributed by atoms with Gasteiger partial charge in [-0.15, -0.1) is 24.0 Å². The third kappa shape index (κ3) is 7.09. The number of nitrogens with zero attached hydrogens (tertiary/aromatic N) is 2. The Hall–Kier alpha value is -2.29. The predicted octanol–water partition coefficient (Wildman–Crippen LogP) is 3.01. The number of amides is 1. The second kappa shape index (κ2) is 11.4. The number of carbonyl (C=O) groups is 1. The van der Waals surface area contributed by atoms with E-state index in [-0.39, 0.29) is 24.0 Å². The molecule has 0 aliphatic carbocycles. The number of halogens is 1. The smallest absolute Gasteiger partial charge is 0.248 e. The molecule has 0 aliphatic rings. The van der Waals surface area contributed by atoms with Gasteiger partial charge in [-0.3, -0.25) is 9.79 Å². The van der Waals surface area contributed by atoms with Gasteiger partial charge in [-0.1, -0.05) is 24.3 Å². The number of nitrogens with two attached hydrogens (primary N) is 1. The molecule has 7 heteroatoms. The van der Waals surface area contributed by atoms with Crippen molar-refractivity contribution in [2.24, 2.45) is 10.7 Å². The van der Waals surface area contributed by atoms with Crippen LogP contribution in [0.2, 0.25) is 0 Å². The first-order valence-electron chi connectivity index (χ1n) is 8.55. The van der Waals surface area contributed by atoms with Crippen molar-refractivity contribution in [2.75, 3.05) is 20.7 Å². The molecule has 0 radical (unpaired) electrons. The van der Waals surface area contributed by atoms with Crippen LogP contribution in [0.3, 0.4) is 0 Å². The van der Waals surface area contributed by atoms with Gasteiger partial charge in [0.15, 0.2) is 5.96 Å². The topological polar surface area (TPSA) is 79.9 Å². The van der Waals surface area contributed by atoms with Gasteiger partial charge in [0.2, 0.25) is 5.91 Å². The SMILES string of the molecule is CCOc1ccc(CN(C)C(=NC)NCc2ccc(C(N)=O)cc2)cc1.I. The number of nitrogens with one attached hydrogen (secondary N) is 1. The van der Waals surface area contributed by atoms with Crippen LogP contribution in [0.5, 0.6) is 5.75 Å². The van der Waals surface area contributed by atoms with E-state index < -0.39 is 5.91 Å². The fourth-order valence-corrected chi connectivity index (χ4v) is 2.56. The van der Waals surface area contributed by atoms with E-state index in [1.807, 2.05) is 43.1 Å². The second-order valence-corrected chi connectivity index (χ2v) is 5.89. The lowest BCUT2D eigenvalue weighted by molar-refractivity contribution is 0.100. The maximum Gasteiger partial charge on any atom is 0.248 e. The minimum absolute atomic E-state index is 0. The van der Waals surface area contributed by atoms with Crippen LogP contribution in [-0.4, -0.2) is 37.5 Å². The van der Waals surface area contributed by atoms with Crippen molar-refractivity contribution in [2.45, 2.75) is 20.0 Å². The molecule has 3 N–H and O–H groups in total. The first-order chi connectivity index (χ1) is 12.5. The molecule has 0 bridgehead atoms. The summed E-state index contributed by atoms with van der Waals surface area (Å²) in [6.45, 7) is 3.97. The van der Waals surface area contributed by atoms with E-state index in [4.69, 9.17) is 10.5 Å².